The minimum absolute atomic E-state index is 0.0299. The van der Waals surface area contributed by atoms with Gasteiger partial charge in [0.1, 0.15) is 0 Å². The zero-order valence-electron chi connectivity index (χ0n) is 11.6. The van der Waals surface area contributed by atoms with Crippen molar-refractivity contribution < 1.29 is 9.72 Å². The van der Waals surface area contributed by atoms with Gasteiger partial charge >= 0.3 is 0 Å². The van der Waals surface area contributed by atoms with Crippen molar-refractivity contribution in [2.24, 2.45) is 10.2 Å². The van der Waals surface area contributed by atoms with Gasteiger partial charge in [-0.2, -0.15) is 5.10 Å². The molecule has 1 aromatic rings. The lowest BCUT2D eigenvalue weighted by Crippen LogP contribution is -2.24. The van der Waals surface area contributed by atoms with Crippen LogP contribution in [-0.4, -0.2) is 27.0 Å². The fourth-order valence-electron chi connectivity index (χ4n) is 1.72. The van der Waals surface area contributed by atoms with Crippen LogP contribution < -0.4 is 5.32 Å². The number of carbonyl (C=O) groups is 1. The van der Waals surface area contributed by atoms with E-state index in [1.165, 1.54) is 23.9 Å². The summed E-state index contributed by atoms with van der Waals surface area (Å²) in [6, 6.07) is 6.07. The molecule has 2 rings (SSSR count). The van der Waals surface area contributed by atoms with Gasteiger partial charge in [-0.05, 0) is 31.0 Å². The minimum atomic E-state index is -0.452. The summed E-state index contributed by atoms with van der Waals surface area (Å²) in [6.07, 6.45) is 0.737. The lowest BCUT2D eigenvalue weighted by Gasteiger charge is -1.98. The van der Waals surface area contributed by atoms with Crippen molar-refractivity contribution in [1.82, 2.24) is 5.32 Å². The molecule has 1 fully saturated rings. The Hall–Kier alpha value is -2.22. The van der Waals surface area contributed by atoms with Gasteiger partial charge in [-0.15, -0.1) is 5.10 Å². The molecule has 1 aliphatic rings. The maximum absolute atomic E-state index is 11.5. The molecule has 0 spiro atoms. The Labute approximate surface area is 125 Å². The van der Waals surface area contributed by atoms with E-state index in [2.05, 4.69) is 15.5 Å². The molecule has 1 N–H and O–H groups in total. The Bertz CT molecular complexity index is 625. The highest BCUT2D eigenvalue weighted by Gasteiger charge is 2.28. The van der Waals surface area contributed by atoms with Crippen LogP contribution in [0.2, 0.25) is 0 Å². The third kappa shape index (κ3) is 3.66. The first-order valence-electron chi connectivity index (χ1n) is 6.36. The summed E-state index contributed by atoms with van der Waals surface area (Å²) in [5.74, 6) is -0.0514. The van der Waals surface area contributed by atoms with E-state index < -0.39 is 4.92 Å². The summed E-state index contributed by atoms with van der Waals surface area (Å²) in [5, 5.41) is 21.7. The third-order valence-corrected chi connectivity index (χ3v) is 4.17. The number of nitrogens with zero attached hydrogens (tertiary/aromatic N) is 3. The SMILES string of the molecule is CCC1S/C(=N/N=C(\C)c2ccc([N+](=O)[O-])cc2)NC1=O. The minimum Gasteiger partial charge on any atom is -0.303 e. The Morgan fingerprint density at radius 2 is 2.10 bits per heavy atom. The summed E-state index contributed by atoms with van der Waals surface area (Å²) in [5.41, 5.74) is 1.39. The second-order valence-corrected chi connectivity index (χ2v) is 5.59. The number of amides is 1. The molecule has 1 atom stereocenters. The highest BCUT2D eigenvalue weighted by molar-refractivity contribution is 8.15. The summed E-state index contributed by atoms with van der Waals surface area (Å²) in [6.45, 7) is 3.69. The van der Waals surface area contributed by atoms with E-state index in [-0.39, 0.29) is 16.8 Å². The highest BCUT2D eigenvalue weighted by atomic mass is 32.2. The van der Waals surface area contributed by atoms with E-state index in [4.69, 9.17) is 0 Å². The predicted molar refractivity (Wildman–Crippen MR) is 82.6 cm³/mol. The van der Waals surface area contributed by atoms with Crippen LogP contribution >= 0.6 is 11.8 Å². The molecular weight excluding hydrogens is 292 g/mol. The topological polar surface area (TPSA) is 97.0 Å². The van der Waals surface area contributed by atoms with Crippen LogP contribution in [0.3, 0.4) is 0 Å². The molecule has 0 radical (unpaired) electrons. The zero-order chi connectivity index (χ0) is 15.4. The predicted octanol–water partition coefficient (Wildman–Crippen LogP) is 2.32. The fraction of sp³-hybridized carbons (Fsp3) is 0.308. The molecule has 1 aliphatic heterocycles. The van der Waals surface area contributed by atoms with E-state index in [0.717, 1.165) is 12.0 Å². The van der Waals surface area contributed by atoms with E-state index in [1.807, 2.05) is 6.92 Å². The Morgan fingerprint density at radius 1 is 1.43 bits per heavy atom. The van der Waals surface area contributed by atoms with Crippen LogP contribution in [0.4, 0.5) is 5.69 Å². The number of hydrogen-bond acceptors (Lipinski definition) is 6. The zero-order valence-corrected chi connectivity index (χ0v) is 12.4. The monoisotopic (exact) mass is 306 g/mol. The second kappa shape index (κ2) is 6.49. The number of nitro benzene ring substituents is 1. The van der Waals surface area contributed by atoms with Crippen molar-refractivity contribution in [3.8, 4) is 0 Å². The molecule has 110 valence electrons. The highest BCUT2D eigenvalue weighted by Crippen LogP contribution is 2.22. The number of nitrogens with one attached hydrogen (secondary N) is 1. The molecule has 0 saturated carbocycles. The third-order valence-electron chi connectivity index (χ3n) is 2.93. The van der Waals surface area contributed by atoms with Gasteiger partial charge in [0.05, 0.1) is 15.9 Å². The van der Waals surface area contributed by atoms with Gasteiger partial charge < -0.3 is 5.32 Å². The van der Waals surface area contributed by atoms with Crippen LogP contribution in [0.1, 0.15) is 25.8 Å². The molecule has 1 aromatic carbocycles. The molecule has 0 aromatic heterocycles. The molecule has 1 heterocycles. The lowest BCUT2D eigenvalue weighted by atomic mass is 10.1. The average Bonchev–Trinajstić information content (AvgIpc) is 2.85. The van der Waals surface area contributed by atoms with Crippen LogP contribution in [0.15, 0.2) is 34.5 Å². The maximum Gasteiger partial charge on any atom is 0.269 e. The lowest BCUT2D eigenvalue weighted by molar-refractivity contribution is -0.384. The summed E-state index contributed by atoms with van der Waals surface area (Å²) in [7, 11) is 0. The van der Waals surface area contributed by atoms with Gasteiger partial charge in [0.2, 0.25) is 5.91 Å². The van der Waals surface area contributed by atoms with Crippen molar-refractivity contribution in [1.29, 1.82) is 0 Å². The average molecular weight is 306 g/mol. The molecular formula is C13H14N4O3S. The molecule has 0 aliphatic carbocycles. The fourth-order valence-corrected chi connectivity index (χ4v) is 2.57. The van der Waals surface area contributed by atoms with Gasteiger partial charge in [0.15, 0.2) is 5.17 Å². The number of amidine groups is 1. The molecule has 1 saturated heterocycles. The quantitative estimate of drug-likeness (QED) is 0.524. The molecule has 0 bridgehead atoms. The first kappa shape index (κ1) is 15.2. The Morgan fingerprint density at radius 3 is 2.62 bits per heavy atom. The van der Waals surface area contributed by atoms with Crippen molar-refractivity contribution >= 4 is 34.2 Å². The summed E-state index contributed by atoms with van der Waals surface area (Å²) < 4.78 is 0. The number of carbonyl (C=O) groups excluding carboxylic acids is 1. The van der Waals surface area contributed by atoms with Gasteiger partial charge in [-0.25, -0.2) is 0 Å². The first-order valence-corrected chi connectivity index (χ1v) is 7.23. The summed E-state index contributed by atoms with van der Waals surface area (Å²) >= 11 is 1.36. The number of nitro groups is 1. The van der Waals surface area contributed by atoms with Crippen LogP contribution in [0.5, 0.6) is 0 Å². The van der Waals surface area contributed by atoms with Gasteiger partial charge in [0.25, 0.3) is 5.69 Å². The van der Waals surface area contributed by atoms with Crippen molar-refractivity contribution in [2.75, 3.05) is 0 Å². The van der Waals surface area contributed by atoms with Crippen LogP contribution in [0, 0.1) is 10.1 Å². The van der Waals surface area contributed by atoms with Crippen molar-refractivity contribution in [2.45, 2.75) is 25.5 Å². The molecule has 7 nitrogen and oxygen atoms in total. The summed E-state index contributed by atoms with van der Waals surface area (Å²) in [4.78, 5) is 21.6. The van der Waals surface area contributed by atoms with E-state index >= 15 is 0 Å². The largest absolute Gasteiger partial charge is 0.303 e. The first-order chi connectivity index (χ1) is 10.0. The normalized spacial score (nSPS) is 20.7. The number of non-ortho nitro benzene ring substituents is 1. The smallest absolute Gasteiger partial charge is 0.269 e. The standard InChI is InChI=1S/C13H14N4O3S/c1-3-11-12(18)14-13(21-11)16-15-8(2)9-4-6-10(7-5-9)17(19)20/h4-7,11H,3H2,1-2H3,(H,14,16,18)/b15-8+. The van der Waals surface area contributed by atoms with Crippen molar-refractivity contribution in [3.05, 3.63) is 39.9 Å². The van der Waals surface area contributed by atoms with E-state index in [1.54, 1.807) is 19.1 Å². The number of hydrogen-bond donors (Lipinski definition) is 1. The molecule has 8 heteroatoms. The molecule has 1 amide bonds. The Balaban J connectivity index is 2.11. The van der Waals surface area contributed by atoms with E-state index in [9.17, 15) is 14.9 Å². The van der Waals surface area contributed by atoms with Gasteiger partial charge in [0, 0.05) is 12.1 Å². The van der Waals surface area contributed by atoms with Crippen molar-refractivity contribution in [3.63, 3.8) is 0 Å². The number of benzene rings is 1. The maximum atomic E-state index is 11.5. The van der Waals surface area contributed by atoms with Crippen LogP contribution in [-0.2, 0) is 4.79 Å². The second-order valence-electron chi connectivity index (χ2n) is 4.40. The Kier molecular flexibility index (Phi) is 4.69. The van der Waals surface area contributed by atoms with Gasteiger partial charge in [-0.3, -0.25) is 14.9 Å². The van der Waals surface area contributed by atoms with E-state index in [0.29, 0.717) is 10.9 Å². The van der Waals surface area contributed by atoms with Gasteiger partial charge in [-0.1, -0.05) is 18.7 Å². The number of thioether (sulfide) groups is 1. The van der Waals surface area contributed by atoms with Crippen LogP contribution in [0.25, 0.3) is 0 Å². The number of rotatable bonds is 4. The molecule has 21 heavy (non-hydrogen) atoms. The molecule has 1 unspecified atom stereocenters.